The molecule has 102 valence electrons. The Morgan fingerprint density at radius 1 is 1.35 bits per heavy atom. The molecule has 1 aromatic heterocycles. The average molecular weight is 318 g/mol. The molecule has 2 nitrogen and oxygen atoms in total. The van der Waals surface area contributed by atoms with Crippen LogP contribution >= 0.6 is 34.9 Å². The summed E-state index contributed by atoms with van der Waals surface area (Å²) in [4.78, 5) is 9.70. The highest BCUT2D eigenvalue weighted by molar-refractivity contribution is 8.17. The maximum absolute atomic E-state index is 4.58. The first-order valence-electron chi connectivity index (χ1n) is 6.54. The van der Waals surface area contributed by atoms with Crippen LogP contribution in [0.5, 0.6) is 0 Å². The van der Waals surface area contributed by atoms with E-state index in [1.165, 1.54) is 36.3 Å². The van der Waals surface area contributed by atoms with E-state index in [0.29, 0.717) is 0 Å². The van der Waals surface area contributed by atoms with Crippen molar-refractivity contribution in [3.05, 3.63) is 34.0 Å². The lowest BCUT2D eigenvalue weighted by Gasteiger charge is -2.18. The third-order valence-corrected chi connectivity index (χ3v) is 6.55. The Balaban J connectivity index is 1.90. The number of thioether (sulfide) groups is 2. The minimum atomic E-state index is 0.926. The second kappa shape index (κ2) is 4.83. The van der Waals surface area contributed by atoms with Gasteiger partial charge in [-0.05, 0) is 42.1 Å². The van der Waals surface area contributed by atoms with Crippen LogP contribution in [-0.2, 0) is 0 Å². The highest BCUT2D eigenvalue weighted by Crippen LogP contribution is 2.43. The molecule has 0 bridgehead atoms. The van der Waals surface area contributed by atoms with Gasteiger partial charge < -0.3 is 4.90 Å². The Kier molecular flexibility index (Phi) is 3.09. The fourth-order valence-corrected chi connectivity index (χ4v) is 5.57. The molecule has 0 saturated heterocycles. The van der Waals surface area contributed by atoms with Gasteiger partial charge in [-0.25, -0.2) is 0 Å². The zero-order valence-electron chi connectivity index (χ0n) is 11.3. The van der Waals surface area contributed by atoms with Crippen molar-refractivity contribution in [2.45, 2.75) is 11.8 Å². The summed E-state index contributed by atoms with van der Waals surface area (Å²) in [5, 5.41) is 4.71. The lowest BCUT2D eigenvalue weighted by Crippen LogP contribution is -2.20. The minimum Gasteiger partial charge on any atom is -0.318 e. The van der Waals surface area contributed by atoms with Crippen LogP contribution in [0.1, 0.15) is 12.5 Å². The molecule has 0 spiro atoms. The molecule has 2 aromatic rings. The Hall–Kier alpha value is -0.910. The highest BCUT2D eigenvalue weighted by Gasteiger charge is 2.31. The van der Waals surface area contributed by atoms with Gasteiger partial charge in [-0.3, -0.25) is 4.99 Å². The lowest BCUT2D eigenvalue weighted by atomic mass is 10.1. The van der Waals surface area contributed by atoms with E-state index < -0.39 is 0 Å². The Morgan fingerprint density at radius 3 is 3.10 bits per heavy atom. The summed E-state index contributed by atoms with van der Waals surface area (Å²) in [6, 6.07) is 6.89. The van der Waals surface area contributed by atoms with Gasteiger partial charge in [0.25, 0.3) is 0 Å². The summed E-state index contributed by atoms with van der Waals surface area (Å²) in [7, 11) is 0. The van der Waals surface area contributed by atoms with E-state index in [9.17, 15) is 0 Å². The third-order valence-electron chi connectivity index (χ3n) is 3.66. The van der Waals surface area contributed by atoms with Crippen LogP contribution in [0.4, 0.5) is 0 Å². The number of rotatable bonds is 2. The van der Waals surface area contributed by atoms with Crippen molar-refractivity contribution in [1.82, 2.24) is 4.90 Å². The molecule has 0 radical (unpaired) electrons. The number of benzene rings is 1. The monoisotopic (exact) mass is 318 g/mol. The molecule has 3 heterocycles. The summed E-state index contributed by atoms with van der Waals surface area (Å²) >= 11 is 5.48. The fourth-order valence-electron chi connectivity index (χ4n) is 2.79. The Labute approximate surface area is 131 Å². The van der Waals surface area contributed by atoms with Crippen molar-refractivity contribution in [3.8, 4) is 0 Å². The number of fused-ring (bicyclic) bond motifs is 2. The molecule has 4 rings (SSSR count). The number of allylic oxidation sites excluding steroid dienone is 1. The van der Waals surface area contributed by atoms with E-state index in [1.54, 1.807) is 0 Å². The first-order chi connectivity index (χ1) is 9.78. The third kappa shape index (κ3) is 1.84. The van der Waals surface area contributed by atoms with Gasteiger partial charge in [0.15, 0.2) is 5.17 Å². The quantitative estimate of drug-likeness (QED) is 0.744. The molecule has 0 atom stereocenters. The van der Waals surface area contributed by atoms with Crippen molar-refractivity contribution in [3.63, 3.8) is 0 Å². The molecule has 2 aliphatic heterocycles. The van der Waals surface area contributed by atoms with Crippen molar-refractivity contribution in [1.29, 1.82) is 0 Å². The molecule has 0 unspecified atom stereocenters. The van der Waals surface area contributed by atoms with E-state index in [1.807, 2.05) is 34.9 Å². The van der Waals surface area contributed by atoms with Gasteiger partial charge in [0.1, 0.15) is 0 Å². The summed E-state index contributed by atoms with van der Waals surface area (Å²) < 4.78 is 1.40. The smallest absolute Gasteiger partial charge is 0.168 e. The van der Waals surface area contributed by atoms with Crippen LogP contribution in [0.25, 0.3) is 15.8 Å². The Bertz CT molecular complexity index is 758. The summed E-state index contributed by atoms with van der Waals surface area (Å²) in [6.45, 7) is 4.15. The first kappa shape index (κ1) is 12.8. The number of hydrogen-bond donors (Lipinski definition) is 0. The zero-order valence-corrected chi connectivity index (χ0v) is 13.8. The zero-order chi connectivity index (χ0) is 13.7. The van der Waals surface area contributed by atoms with Crippen molar-refractivity contribution in [2.75, 3.05) is 19.3 Å². The Morgan fingerprint density at radius 2 is 2.25 bits per heavy atom. The van der Waals surface area contributed by atoms with Crippen LogP contribution in [-0.4, -0.2) is 29.4 Å². The summed E-state index contributed by atoms with van der Waals surface area (Å²) in [5.41, 5.74) is 2.69. The molecule has 0 amide bonds. The second-order valence-electron chi connectivity index (χ2n) is 4.84. The number of nitrogens with zero attached hydrogens (tertiary/aromatic N) is 2. The van der Waals surface area contributed by atoms with Gasteiger partial charge >= 0.3 is 0 Å². The largest absolute Gasteiger partial charge is 0.318 e. The molecule has 0 N–H and O–H groups in total. The number of thiophene rings is 1. The van der Waals surface area contributed by atoms with Crippen LogP contribution in [0.2, 0.25) is 0 Å². The molecule has 5 heteroatoms. The molecule has 0 fully saturated rings. The van der Waals surface area contributed by atoms with E-state index in [-0.39, 0.29) is 0 Å². The predicted octanol–water partition coefficient (Wildman–Crippen LogP) is 4.73. The fraction of sp³-hybridized carbons (Fsp3) is 0.267. The standard InChI is InChI=1S/C15H14N2S3/c1-9-13(17-5-4-16-15(17)20-9)11-7-10-3-6-19-14(10)12(8-11)18-2/h3,6-8H,4-5H2,1-2H3. The minimum absolute atomic E-state index is 0.926. The topological polar surface area (TPSA) is 15.6 Å². The van der Waals surface area contributed by atoms with E-state index in [4.69, 9.17) is 0 Å². The molecular formula is C15H14N2S3. The highest BCUT2D eigenvalue weighted by atomic mass is 32.2. The van der Waals surface area contributed by atoms with Crippen molar-refractivity contribution < 1.29 is 0 Å². The van der Waals surface area contributed by atoms with Crippen LogP contribution in [0, 0.1) is 0 Å². The number of amidine groups is 1. The van der Waals surface area contributed by atoms with E-state index in [0.717, 1.165) is 13.1 Å². The van der Waals surface area contributed by atoms with E-state index in [2.05, 4.69) is 46.7 Å². The molecule has 0 aliphatic carbocycles. The predicted molar refractivity (Wildman–Crippen MR) is 92.8 cm³/mol. The van der Waals surface area contributed by atoms with Crippen molar-refractivity contribution in [2.24, 2.45) is 4.99 Å². The lowest BCUT2D eigenvalue weighted by molar-refractivity contribution is 0.648. The molecular weight excluding hydrogens is 304 g/mol. The maximum atomic E-state index is 4.58. The van der Waals surface area contributed by atoms with Gasteiger partial charge in [-0.2, -0.15) is 0 Å². The second-order valence-corrected chi connectivity index (χ2v) is 7.79. The first-order valence-corrected chi connectivity index (χ1v) is 9.46. The van der Waals surface area contributed by atoms with Crippen LogP contribution in [0.15, 0.2) is 38.4 Å². The molecule has 2 aliphatic rings. The SMILES string of the molecule is CSc1cc(C2=C(C)SC3=NCCN32)cc2ccsc12. The van der Waals surface area contributed by atoms with E-state index >= 15 is 0 Å². The average Bonchev–Trinajstić information content (AvgIpc) is 3.11. The number of hydrogen-bond acceptors (Lipinski definition) is 5. The van der Waals surface area contributed by atoms with Gasteiger partial charge in [-0.15, -0.1) is 23.1 Å². The molecule has 20 heavy (non-hydrogen) atoms. The van der Waals surface area contributed by atoms with Crippen LogP contribution < -0.4 is 0 Å². The van der Waals surface area contributed by atoms with Crippen molar-refractivity contribution >= 4 is 55.8 Å². The maximum Gasteiger partial charge on any atom is 0.168 e. The summed E-state index contributed by atoms with van der Waals surface area (Å²) in [6.07, 6.45) is 2.16. The summed E-state index contributed by atoms with van der Waals surface area (Å²) in [5.74, 6) is 0. The normalized spacial score (nSPS) is 18.1. The van der Waals surface area contributed by atoms with Crippen LogP contribution in [0.3, 0.4) is 0 Å². The molecule has 1 aromatic carbocycles. The van der Waals surface area contributed by atoms with Gasteiger partial charge in [0.2, 0.25) is 0 Å². The van der Waals surface area contributed by atoms with Gasteiger partial charge in [0.05, 0.1) is 12.2 Å². The molecule has 0 saturated carbocycles. The van der Waals surface area contributed by atoms with Gasteiger partial charge in [0, 0.05) is 26.6 Å². The number of aliphatic imine (C=N–C) groups is 1. The van der Waals surface area contributed by atoms with Gasteiger partial charge in [-0.1, -0.05) is 11.8 Å².